The largest absolute Gasteiger partial charge is 0.479 e. The molecule has 14 heteroatoms. The molecule has 4 nitrogen and oxygen atoms in total. The molecular formula is C9H12Br6Cl3O4P. The SMILES string of the molecule is O=P(OC(Cl)C(Br)CBr)(OC(Cl)C(Br)CBr)OC(Cl)C(Br)CBr. The molecule has 0 aromatic carbocycles. The summed E-state index contributed by atoms with van der Waals surface area (Å²) in [5.74, 6) is 0. The van der Waals surface area contributed by atoms with Crippen LogP contribution in [0.4, 0.5) is 0 Å². The zero-order valence-electron chi connectivity index (χ0n) is 11.1. The second kappa shape index (κ2) is 13.9. The highest BCUT2D eigenvalue weighted by Crippen LogP contribution is 2.56. The molecule has 0 spiro atoms. The monoisotopic (exact) mass is 793 g/mol. The van der Waals surface area contributed by atoms with Crippen molar-refractivity contribution in [3.8, 4) is 0 Å². The highest BCUT2D eigenvalue weighted by Gasteiger charge is 2.40. The number of phosphoric acid groups is 1. The second-order valence-electron chi connectivity index (χ2n) is 3.83. The fourth-order valence-corrected chi connectivity index (χ4v) is 5.82. The molecule has 0 rings (SSSR count). The molecular weight excluding hydrogens is 789 g/mol. The molecule has 0 radical (unpaired) electrons. The summed E-state index contributed by atoms with van der Waals surface area (Å²) in [6, 6.07) is 0. The minimum absolute atomic E-state index is 0.334. The number of hydrogen-bond donors (Lipinski definition) is 0. The quantitative estimate of drug-likeness (QED) is 0.154. The average Bonchev–Trinajstić information content (AvgIpc) is 2.51. The van der Waals surface area contributed by atoms with Crippen LogP contribution in [0, 0.1) is 0 Å². The Bertz CT molecular complexity index is 335. The Balaban J connectivity index is 5.14. The fourth-order valence-electron chi connectivity index (χ4n) is 0.853. The highest BCUT2D eigenvalue weighted by atomic mass is 79.9. The van der Waals surface area contributed by atoms with Gasteiger partial charge in [-0.25, -0.2) is 4.57 Å². The third kappa shape index (κ3) is 10.8. The van der Waals surface area contributed by atoms with Crippen molar-refractivity contribution in [1.29, 1.82) is 0 Å². The number of alkyl halides is 9. The third-order valence-corrected chi connectivity index (χ3v) is 13.0. The van der Waals surface area contributed by atoms with Crippen LogP contribution >= 0.6 is 138 Å². The smallest absolute Gasteiger partial charge is 0.266 e. The molecule has 0 aromatic heterocycles. The Hall–Kier alpha value is 3.86. The van der Waals surface area contributed by atoms with Crippen molar-refractivity contribution < 1.29 is 18.1 Å². The van der Waals surface area contributed by atoms with Crippen LogP contribution in [-0.4, -0.2) is 47.2 Å². The van der Waals surface area contributed by atoms with Gasteiger partial charge in [0.2, 0.25) is 0 Å². The van der Waals surface area contributed by atoms with Crippen LogP contribution in [0.1, 0.15) is 0 Å². The predicted octanol–water partition coefficient (Wildman–Crippen LogP) is 7.31. The molecule has 0 amide bonds. The van der Waals surface area contributed by atoms with E-state index in [0.717, 1.165) is 0 Å². The van der Waals surface area contributed by atoms with Crippen molar-refractivity contribution in [3.05, 3.63) is 0 Å². The van der Waals surface area contributed by atoms with E-state index < -0.39 is 24.5 Å². The van der Waals surface area contributed by atoms with Crippen LogP contribution in [0.2, 0.25) is 0 Å². The summed E-state index contributed by atoms with van der Waals surface area (Å²) in [6.07, 6.45) is 0. The molecule has 0 aliphatic rings. The molecule has 0 bridgehead atoms. The predicted molar refractivity (Wildman–Crippen MR) is 119 cm³/mol. The van der Waals surface area contributed by atoms with Gasteiger partial charge in [-0.15, -0.1) is 0 Å². The first-order valence-electron chi connectivity index (χ1n) is 5.77. The average molecular weight is 801 g/mol. The van der Waals surface area contributed by atoms with E-state index in [-0.39, 0.29) is 14.5 Å². The van der Waals surface area contributed by atoms with E-state index in [1.54, 1.807) is 0 Å². The second-order valence-corrected chi connectivity index (χ2v) is 12.1. The Kier molecular flexibility index (Phi) is 16.3. The minimum atomic E-state index is -4.14. The van der Waals surface area contributed by atoms with E-state index in [9.17, 15) is 4.57 Å². The van der Waals surface area contributed by atoms with E-state index in [0.29, 0.717) is 16.0 Å². The Labute approximate surface area is 201 Å². The van der Waals surface area contributed by atoms with Crippen LogP contribution in [0.5, 0.6) is 0 Å². The number of phosphoric ester groups is 1. The van der Waals surface area contributed by atoms with Gasteiger partial charge in [0.15, 0.2) is 16.7 Å². The summed E-state index contributed by atoms with van der Waals surface area (Å²) in [7, 11) is -4.14. The van der Waals surface area contributed by atoms with E-state index in [1.807, 2.05) is 0 Å². The molecule has 23 heavy (non-hydrogen) atoms. The first-order chi connectivity index (χ1) is 10.6. The molecule has 6 atom stereocenters. The van der Waals surface area contributed by atoms with E-state index in [4.69, 9.17) is 48.4 Å². The van der Waals surface area contributed by atoms with E-state index in [1.165, 1.54) is 0 Å². The van der Waals surface area contributed by atoms with Crippen LogP contribution < -0.4 is 0 Å². The lowest BCUT2D eigenvalue weighted by Crippen LogP contribution is -2.26. The standard InChI is InChI=1S/C9H12Br6Cl3O4P/c10-1-4(13)7(16)20-23(19,21-8(17)5(14)2-11)22-9(18)6(15)3-12/h4-9H,1-3H2. The number of hydrogen-bond acceptors (Lipinski definition) is 4. The number of rotatable bonds is 12. The van der Waals surface area contributed by atoms with E-state index in [2.05, 4.69) is 95.6 Å². The molecule has 0 saturated heterocycles. The molecule has 0 aliphatic carbocycles. The summed E-state index contributed by atoms with van der Waals surface area (Å²) in [5, 5.41) is 1.38. The van der Waals surface area contributed by atoms with Crippen LogP contribution in [0.3, 0.4) is 0 Å². The normalized spacial score (nSPS) is 22.7. The van der Waals surface area contributed by atoms with Crippen LogP contribution in [0.25, 0.3) is 0 Å². The molecule has 140 valence electrons. The summed E-state index contributed by atoms with van der Waals surface area (Å²) < 4.78 is 28.7. The lowest BCUT2D eigenvalue weighted by atomic mass is 10.5. The summed E-state index contributed by atoms with van der Waals surface area (Å²) in [5.41, 5.74) is -2.99. The van der Waals surface area contributed by atoms with Crippen molar-refractivity contribution in [2.24, 2.45) is 0 Å². The van der Waals surface area contributed by atoms with Crippen LogP contribution in [-0.2, 0) is 18.1 Å². The lowest BCUT2D eigenvalue weighted by Gasteiger charge is -2.27. The third-order valence-electron chi connectivity index (χ3n) is 1.98. The van der Waals surface area contributed by atoms with Crippen molar-refractivity contribution in [1.82, 2.24) is 0 Å². The van der Waals surface area contributed by atoms with Gasteiger partial charge in [-0.3, -0.25) is 13.6 Å². The van der Waals surface area contributed by atoms with Gasteiger partial charge < -0.3 is 0 Å². The molecule has 0 aromatic rings. The van der Waals surface area contributed by atoms with Crippen molar-refractivity contribution >= 4 is 138 Å². The maximum Gasteiger partial charge on any atom is 0.479 e. The Morgan fingerprint density at radius 2 is 0.913 bits per heavy atom. The zero-order chi connectivity index (χ0) is 18.2. The summed E-state index contributed by atoms with van der Waals surface area (Å²) in [6.45, 7) is 0. The molecule has 6 unspecified atom stereocenters. The molecule has 0 heterocycles. The lowest BCUT2D eigenvalue weighted by molar-refractivity contribution is 0.0879. The molecule has 0 saturated carbocycles. The van der Waals surface area contributed by atoms with Crippen molar-refractivity contribution in [3.63, 3.8) is 0 Å². The van der Waals surface area contributed by atoms with Crippen molar-refractivity contribution in [2.75, 3.05) is 16.0 Å². The highest BCUT2D eigenvalue weighted by molar-refractivity contribution is 9.12. The summed E-state index contributed by atoms with van der Waals surface area (Å²) >= 11 is 37.7. The topological polar surface area (TPSA) is 44.8 Å². The van der Waals surface area contributed by atoms with Gasteiger partial charge >= 0.3 is 7.82 Å². The van der Waals surface area contributed by atoms with Gasteiger partial charge in [0, 0.05) is 16.0 Å². The van der Waals surface area contributed by atoms with Gasteiger partial charge in [-0.05, 0) is 0 Å². The van der Waals surface area contributed by atoms with Crippen LogP contribution in [0.15, 0.2) is 0 Å². The molecule has 0 N–H and O–H groups in total. The van der Waals surface area contributed by atoms with Gasteiger partial charge in [-0.1, -0.05) is 130 Å². The zero-order valence-corrected chi connectivity index (χ0v) is 23.7. The van der Waals surface area contributed by atoms with E-state index >= 15 is 0 Å². The van der Waals surface area contributed by atoms with Gasteiger partial charge in [0.1, 0.15) is 0 Å². The fraction of sp³-hybridized carbons (Fsp3) is 1.00. The minimum Gasteiger partial charge on any atom is -0.266 e. The maximum absolute atomic E-state index is 12.9. The Morgan fingerprint density at radius 1 is 0.696 bits per heavy atom. The molecule has 0 aliphatic heterocycles. The van der Waals surface area contributed by atoms with Crippen molar-refractivity contribution in [2.45, 2.75) is 31.2 Å². The van der Waals surface area contributed by atoms with Gasteiger partial charge in [-0.2, -0.15) is 0 Å². The van der Waals surface area contributed by atoms with Gasteiger partial charge in [0.25, 0.3) is 0 Å². The summed E-state index contributed by atoms with van der Waals surface area (Å²) in [4.78, 5) is -1.00. The first kappa shape index (κ1) is 26.9. The van der Waals surface area contributed by atoms with Gasteiger partial charge in [0.05, 0.1) is 14.5 Å². The Morgan fingerprint density at radius 3 is 1.09 bits per heavy atom. The first-order valence-corrected chi connectivity index (χ1v) is 14.7. The molecule has 0 fully saturated rings. The number of halogens is 9. The maximum atomic E-state index is 12.9.